The maximum absolute atomic E-state index is 12.4. The number of hydrogen-bond donors (Lipinski definition) is 0. The number of fused-ring (bicyclic) bond motifs is 2. The van der Waals surface area contributed by atoms with Gasteiger partial charge in [-0.05, 0) is 32.0 Å². The van der Waals surface area contributed by atoms with E-state index in [2.05, 4.69) is 15.0 Å². The Bertz CT molecular complexity index is 1150. The first-order valence-electron chi connectivity index (χ1n) is 7.96. The molecule has 1 aromatic carbocycles. The van der Waals surface area contributed by atoms with Gasteiger partial charge in [-0.25, -0.2) is 15.0 Å². The largest absolute Gasteiger partial charge is 0.269 e. The van der Waals surface area contributed by atoms with Crippen molar-refractivity contribution in [2.45, 2.75) is 24.6 Å². The molecule has 0 aliphatic heterocycles. The summed E-state index contributed by atoms with van der Waals surface area (Å²) in [5.41, 5.74) is 3.18. The third-order valence-corrected chi connectivity index (χ3v) is 4.99. The summed E-state index contributed by atoms with van der Waals surface area (Å²) in [4.78, 5) is 26.0. The lowest BCUT2D eigenvalue weighted by Crippen LogP contribution is -2.17. The van der Waals surface area contributed by atoms with Gasteiger partial charge in [0.2, 0.25) is 0 Å². The first-order valence-corrected chi connectivity index (χ1v) is 8.95. The van der Waals surface area contributed by atoms with E-state index in [0.717, 1.165) is 33.1 Å². The van der Waals surface area contributed by atoms with Gasteiger partial charge in [-0.15, -0.1) is 0 Å². The lowest BCUT2D eigenvalue weighted by atomic mass is 10.2. The molecule has 124 valence electrons. The number of hydrogen-bond acceptors (Lipinski definition) is 5. The number of aryl methyl sites for hydroxylation is 2. The Morgan fingerprint density at radius 1 is 1.00 bits per heavy atom. The summed E-state index contributed by atoms with van der Waals surface area (Å²) in [6, 6.07) is 15.2. The topological polar surface area (TPSA) is 60.2 Å². The van der Waals surface area contributed by atoms with Crippen LogP contribution in [0.15, 0.2) is 58.4 Å². The molecule has 0 saturated heterocycles. The van der Waals surface area contributed by atoms with Crippen molar-refractivity contribution in [1.82, 2.24) is 19.4 Å². The predicted molar refractivity (Wildman–Crippen MR) is 100 cm³/mol. The Morgan fingerprint density at radius 3 is 2.72 bits per heavy atom. The van der Waals surface area contributed by atoms with Crippen molar-refractivity contribution in [2.75, 3.05) is 0 Å². The second kappa shape index (κ2) is 6.29. The molecule has 6 heteroatoms. The first-order chi connectivity index (χ1) is 12.1. The molecule has 0 saturated carbocycles. The van der Waals surface area contributed by atoms with E-state index in [1.54, 1.807) is 22.2 Å². The maximum Gasteiger partial charge on any atom is 0.258 e. The van der Waals surface area contributed by atoms with Gasteiger partial charge in [0.25, 0.3) is 5.56 Å². The number of thioether (sulfide) groups is 1. The number of benzene rings is 1. The molecule has 3 heterocycles. The highest BCUT2D eigenvalue weighted by Crippen LogP contribution is 2.27. The molecule has 4 rings (SSSR count). The second-order valence-electron chi connectivity index (χ2n) is 5.83. The van der Waals surface area contributed by atoms with Gasteiger partial charge in [0.15, 0.2) is 0 Å². The summed E-state index contributed by atoms with van der Waals surface area (Å²) in [5.74, 6) is 1.32. The summed E-state index contributed by atoms with van der Waals surface area (Å²) < 4.78 is 1.62. The van der Waals surface area contributed by atoms with Crippen LogP contribution in [0.25, 0.3) is 16.6 Å². The zero-order valence-corrected chi connectivity index (χ0v) is 14.7. The van der Waals surface area contributed by atoms with E-state index in [-0.39, 0.29) is 5.56 Å². The Hall–Kier alpha value is -2.73. The van der Waals surface area contributed by atoms with E-state index in [9.17, 15) is 4.79 Å². The van der Waals surface area contributed by atoms with Crippen molar-refractivity contribution in [3.8, 4) is 0 Å². The molecule has 0 bridgehead atoms. The Kier molecular flexibility index (Phi) is 3.97. The lowest BCUT2D eigenvalue weighted by Gasteiger charge is -2.08. The van der Waals surface area contributed by atoms with Crippen LogP contribution >= 0.6 is 11.8 Å². The van der Waals surface area contributed by atoms with Gasteiger partial charge in [-0.2, -0.15) is 0 Å². The highest BCUT2D eigenvalue weighted by atomic mass is 32.2. The number of aromatic nitrogens is 4. The van der Waals surface area contributed by atoms with Crippen LogP contribution in [0.3, 0.4) is 0 Å². The average Bonchev–Trinajstić information content (AvgIpc) is 2.59. The van der Waals surface area contributed by atoms with Crippen LogP contribution in [0.5, 0.6) is 0 Å². The van der Waals surface area contributed by atoms with Gasteiger partial charge in [-0.3, -0.25) is 9.20 Å². The van der Waals surface area contributed by atoms with Crippen molar-refractivity contribution >= 4 is 28.3 Å². The summed E-state index contributed by atoms with van der Waals surface area (Å²) in [6.45, 7) is 3.79. The van der Waals surface area contributed by atoms with Crippen molar-refractivity contribution in [2.24, 2.45) is 0 Å². The summed E-state index contributed by atoms with van der Waals surface area (Å²) in [5, 5.41) is 1.93. The quantitative estimate of drug-likeness (QED) is 0.419. The van der Waals surface area contributed by atoms with E-state index in [0.29, 0.717) is 11.4 Å². The van der Waals surface area contributed by atoms with E-state index in [1.165, 1.54) is 0 Å². The molecule has 0 unspecified atom stereocenters. The fraction of sp³-hybridized carbons (Fsp3) is 0.158. The van der Waals surface area contributed by atoms with Gasteiger partial charge in [0.1, 0.15) is 16.5 Å². The Morgan fingerprint density at radius 2 is 1.84 bits per heavy atom. The minimum Gasteiger partial charge on any atom is -0.269 e. The molecule has 4 aromatic rings. The zero-order valence-electron chi connectivity index (χ0n) is 13.9. The molecule has 0 aliphatic carbocycles. The van der Waals surface area contributed by atoms with Crippen LogP contribution in [-0.2, 0) is 5.75 Å². The third kappa shape index (κ3) is 3.00. The normalized spacial score (nSPS) is 11.3. The van der Waals surface area contributed by atoms with E-state index in [4.69, 9.17) is 0 Å². The predicted octanol–water partition coefficient (Wildman–Crippen LogP) is 3.55. The van der Waals surface area contributed by atoms with Crippen molar-refractivity contribution in [1.29, 1.82) is 0 Å². The second-order valence-corrected chi connectivity index (χ2v) is 6.79. The highest BCUT2D eigenvalue weighted by molar-refractivity contribution is 7.98. The van der Waals surface area contributed by atoms with E-state index < -0.39 is 0 Å². The minimum atomic E-state index is -0.0533. The van der Waals surface area contributed by atoms with Gasteiger partial charge in [0, 0.05) is 22.9 Å². The van der Waals surface area contributed by atoms with Gasteiger partial charge in [-0.1, -0.05) is 36.0 Å². The van der Waals surface area contributed by atoms with Gasteiger partial charge in [0.05, 0.1) is 11.2 Å². The Balaban J connectivity index is 1.71. The third-order valence-electron chi connectivity index (χ3n) is 3.97. The van der Waals surface area contributed by atoms with Crippen molar-refractivity contribution in [3.05, 3.63) is 76.1 Å². The molecular weight excluding hydrogens is 332 g/mol. The van der Waals surface area contributed by atoms with Gasteiger partial charge >= 0.3 is 0 Å². The van der Waals surface area contributed by atoms with Crippen LogP contribution in [-0.4, -0.2) is 19.4 Å². The smallest absolute Gasteiger partial charge is 0.258 e. The fourth-order valence-corrected chi connectivity index (χ4v) is 3.81. The summed E-state index contributed by atoms with van der Waals surface area (Å²) in [6.07, 6.45) is 0. The average molecular weight is 348 g/mol. The summed E-state index contributed by atoms with van der Waals surface area (Å²) >= 11 is 1.58. The fourth-order valence-electron chi connectivity index (χ4n) is 2.85. The zero-order chi connectivity index (χ0) is 17.4. The molecule has 0 aliphatic rings. The molecule has 0 radical (unpaired) electrons. The lowest BCUT2D eigenvalue weighted by molar-refractivity contribution is 0.966. The van der Waals surface area contributed by atoms with E-state index >= 15 is 0 Å². The van der Waals surface area contributed by atoms with Crippen molar-refractivity contribution in [3.63, 3.8) is 0 Å². The SMILES string of the molecule is Cc1nc(SCc2cc(=O)n3c(C)cccc3n2)c2ccccc2n1. The molecule has 0 N–H and O–H groups in total. The molecule has 0 spiro atoms. The Labute approximate surface area is 148 Å². The molecule has 25 heavy (non-hydrogen) atoms. The van der Waals surface area contributed by atoms with Crippen LogP contribution in [0, 0.1) is 13.8 Å². The summed E-state index contributed by atoms with van der Waals surface area (Å²) in [7, 11) is 0. The van der Waals surface area contributed by atoms with Crippen LogP contribution in [0.2, 0.25) is 0 Å². The maximum atomic E-state index is 12.4. The molecule has 3 aromatic heterocycles. The molecule has 0 fully saturated rings. The number of nitrogens with zero attached hydrogens (tertiary/aromatic N) is 4. The first kappa shape index (κ1) is 15.8. The molecule has 0 atom stereocenters. The highest BCUT2D eigenvalue weighted by Gasteiger charge is 2.09. The molecule has 0 amide bonds. The number of rotatable bonds is 3. The van der Waals surface area contributed by atoms with Crippen molar-refractivity contribution < 1.29 is 0 Å². The van der Waals surface area contributed by atoms with Crippen LogP contribution in [0.1, 0.15) is 17.2 Å². The number of para-hydroxylation sites is 1. The van der Waals surface area contributed by atoms with Crippen LogP contribution in [0.4, 0.5) is 0 Å². The number of pyridine rings is 1. The van der Waals surface area contributed by atoms with Crippen LogP contribution < -0.4 is 5.56 Å². The minimum absolute atomic E-state index is 0.0533. The van der Waals surface area contributed by atoms with Gasteiger partial charge < -0.3 is 0 Å². The molecule has 5 nitrogen and oxygen atoms in total. The van der Waals surface area contributed by atoms with E-state index in [1.807, 2.05) is 56.3 Å². The monoisotopic (exact) mass is 348 g/mol. The standard InChI is InChI=1S/C19H16N4OS/c1-12-6-5-9-17-22-14(10-18(24)23(12)17)11-25-19-15-7-3-4-8-16(15)20-13(2)21-19/h3-10H,11H2,1-2H3. The molecular formula is C19H16N4OS.